The Bertz CT molecular complexity index is 720. The third-order valence-corrected chi connectivity index (χ3v) is 8.26. The van der Waals surface area contributed by atoms with Gasteiger partial charge in [0.1, 0.15) is 11.4 Å². The molecule has 0 radical (unpaired) electrons. The van der Waals surface area contributed by atoms with E-state index in [4.69, 9.17) is 4.99 Å². The Balaban J connectivity index is 1.57. The lowest BCUT2D eigenvalue weighted by molar-refractivity contribution is -0.138. The molecule has 0 aromatic carbocycles. The number of hydrogen-bond acceptors (Lipinski definition) is 4. The molecule has 1 amide bonds. The fourth-order valence-corrected chi connectivity index (χ4v) is 5.59. The molecule has 1 aliphatic carbocycles. The highest BCUT2D eigenvalue weighted by atomic mass is 32.2. The molecule has 0 bridgehead atoms. The molecule has 0 atom stereocenters. The highest BCUT2D eigenvalue weighted by Crippen LogP contribution is 2.38. The third kappa shape index (κ3) is 4.69. The Morgan fingerprint density at radius 2 is 1.79 bits per heavy atom. The number of carbonyl (C=O) groups excluding carboxylic acids is 1. The van der Waals surface area contributed by atoms with Crippen LogP contribution in [0.25, 0.3) is 0 Å². The number of amides is 1. The predicted octanol–water partition coefficient (Wildman–Crippen LogP) is 2.85. The van der Waals surface area contributed by atoms with E-state index in [0.717, 1.165) is 12.8 Å². The van der Waals surface area contributed by atoms with E-state index in [1.807, 2.05) is 0 Å². The van der Waals surface area contributed by atoms with Crippen LogP contribution in [0, 0.1) is 11.8 Å². The van der Waals surface area contributed by atoms with Gasteiger partial charge in [-0.05, 0) is 57.8 Å². The van der Waals surface area contributed by atoms with E-state index in [0.29, 0.717) is 31.5 Å². The number of hydrogen-bond donors (Lipinski definition) is 1. The van der Waals surface area contributed by atoms with E-state index >= 15 is 0 Å². The number of rotatable bonds is 5. The number of nitrogens with zero attached hydrogens (tertiary/aromatic N) is 2. The van der Waals surface area contributed by atoms with Gasteiger partial charge >= 0.3 is 6.18 Å². The molecule has 0 aromatic heterocycles. The molecule has 1 N–H and O–H groups in total. The number of halogens is 3. The van der Waals surface area contributed by atoms with Gasteiger partial charge in [0.2, 0.25) is 10.0 Å². The predicted molar refractivity (Wildman–Crippen MR) is 99.3 cm³/mol. The Morgan fingerprint density at radius 3 is 2.32 bits per heavy atom. The standard InChI is InChI=1S/C18H28F3N3O3S/c1-2-28(26,27)24-11-9-17(10-12-24)16(25)22-15(23-17)14-5-3-13(4-6-14)7-8-18(19,20)21/h13-14H,2-12H2,1H3,(H,22,23,25). The zero-order chi connectivity index (χ0) is 20.6. The van der Waals surface area contributed by atoms with Gasteiger partial charge < -0.3 is 5.32 Å². The minimum Gasteiger partial charge on any atom is -0.312 e. The molecular formula is C18H28F3N3O3S. The summed E-state index contributed by atoms with van der Waals surface area (Å²) in [7, 11) is -3.27. The van der Waals surface area contributed by atoms with Crippen molar-refractivity contribution in [1.82, 2.24) is 9.62 Å². The Hall–Kier alpha value is -1.16. The molecule has 10 heteroatoms. The second-order valence-electron chi connectivity index (χ2n) is 8.15. The van der Waals surface area contributed by atoms with Crippen LogP contribution in [0.1, 0.15) is 58.3 Å². The van der Waals surface area contributed by atoms with Crippen molar-refractivity contribution in [2.45, 2.75) is 70.0 Å². The normalized spacial score (nSPS) is 29.0. The SMILES string of the molecule is CCS(=O)(=O)N1CCC2(CC1)N=C(C1CCC(CCC(F)(F)F)CC1)NC2=O. The van der Waals surface area contributed by atoms with E-state index < -0.39 is 28.2 Å². The number of sulfonamides is 1. The van der Waals surface area contributed by atoms with Gasteiger partial charge in [0.05, 0.1) is 5.75 Å². The number of nitrogens with one attached hydrogen (secondary N) is 1. The number of piperidine rings is 1. The Kier molecular flexibility index (Phi) is 6.10. The van der Waals surface area contributed by atoms with E-state index in [1.54, 1.807) is 6.92 Å². The van der Waals surface area contributed by atoms with E-state index in [9.17, 15) is 26.4 Å². The Morgan fingerprint density at radius 1 is 1.18 bits per heavy atom. The maximum absolute atomic E-state index is 12.6. The fraction of sp³-hybridized carbons (Fsp3) is 0.889. The summed E-state index contributed by atoms with van der Waals surface area (Å²) in [5.74, 6) is 0.661. The van der Waals surface area contributed by atoms with Gasteiger partial charge in [-0.2, -0.15) is 13.2 Å². The molecule has 1 spiro atoms. The first-order chi connectivity index (χ1) is 13.0. The smallest absolute Gasteiger partial charge is 0.312 e. The van der Waals surface area contributed by atoms with Crippen molar-refractivity contribution in [3.8, 4) is 0 Å². The van der Waals surface area contributed by atoms with Gasteiger partial charge in [-0.25, -0.2) is 12.7 Å². The molecule has 0 unspecified atom stereocenters. The zero-order valence-electron chi connectivity index (χ0n) is 16.1. The molecule has 2 heterocycles. The van der Waals surface area contributed by atoms with Crippen LogP contribution >= 0.6 is 0 Å². The van der Waals surface area contributed by atoms with Crippen molar-refractivity contribution >= 4 is 21.8 Å². The highest BCUT2D eigenvalue weighted by Gasteiger charge is 2.48. The molecule has 3 aliphatic rings. The molecule has 2 fully saturated rings. The monoisotopic (exact) mass is 423 g/mol. The van der Waals surface area contributed by atoms with Gasteiger partial charge in [-0.3, -0.25) is 9.79 Å². The van der Waals surface area contributed by atoms with Crippen LogP contribution in [0.3, 0.4) is 0 Å². The van der Waals surface area contributed by atoms with Gasteiger partial charge in [0, 0.05) is 25.4 Å². The Labute approximate surface area is 164 Å². The van der Waals surface area contributed by atoms with Gasteiger partial charge in [0.25, 0.3) is 5.91 Å². The summed E-state index contributed by atoms with van der Waals surface area (Å²) < 4.78 is 62.6. The summed E-state index contributed by atoms with van der Waals surface area (Å²) in [4.78, 5) is 17.3. The van der Waals surface area contributed by atoms with Crippen molar-refractivity contribution in [1.29, 1.82) is 0 Å². The van der Waals surface area contributed by atoms with E-state index in [2.05, 4.69) is 5.32 Å². The molecule has 28 heavy (non-hydrogen) atoms. The minimum absolute atomic E-state index is 0.0400. The summed E-state index contributed by atoms with van der Waals surface area (Å²) >= 11 is 0. The van der Waals surface area contributed by atoms with Crippen LogP contribution in [0.4, 0.5) is 13.2 Å². The average molecular weight is 424 g/mol. The lowest BCUT2D eigenvalue weighted by Gasteiger charge is -2.34. The maximum atomic E-state index is 12.6. The molecule has 2 aliphatic heterocycles. The van der Waals surface area contributed by atoms with Crippen molar-refractivity contribution in [3.05, 3.63) is 0 Å². The van der Waals surface area contributed by atoms with Crippen LogP contribution in [-0.2, 0) is 14.8 Å². The van der Waals surface area contributed by atoms with Crippen molar-refractivity contribution < 1.29 is 26.4 Å². The second-order valence-corrected chi connectivity index (χ2v) is 10.4. The molecular weight excluding hydrogens is 395 g/mol. The van der Waals surface area contributed by atoms with Crippen LogP contribution in [0.15, 0.2) is 4.99 Å². The third-order valence-electron chi connectivity index (χ3n) is 6.38. The average Bonchev–Trinajstić information content (AvgIpc) is 2.96. The highest BCUT2D eigenvalue weighted by molar-refractivity contribution is 7.89. The summed E-state index contributed by atoms with van der Waals surface area (Å²) in [5.41, 5.74) is -0.887. The minimum atomic E-state index is -4.10. The van der Waals surface area contributed by atoms with Gasteiger partial charge in [-0.1, -0.05) is 0 Å². The number of amidine groups is 1. The molecule has 160 valence electrons. The first-order valence-corrected chi connectivity index (χ1v) is 11.6. The summed E-state index contributed by atoms with van der Waals surface area (Å²) in [5, 5.41) is 2.89. The number of carbonyl (C=O) groups is 1. The van der Waals surface area contributed by atoms with E-state index in [-0.39, 0.29) is 43.0 Å². The number of aliphatic imine (C=N–C) groups is 1. The summed E-state index contributed by atoms with van der Waals surface area (Å²) in [6, 6.07) is 0. The second kappa shape index (κ2) is 7.93. The van der Waals surface area contributed by atoms with E-state index in [1.165, 1.54) is 4.31 Å². The van der Waals surface area contributed by atoms with Gasteiger partial charge in [-0.15, -0.1) is 0 Å². The molecule has 3 rings (SSSR count). The van der Waals surface area contributed by atoms with Crippen molar-refractivity contribution in [3.63, 3.8) is 0 Å². The maximum Gasteiger partial charge on any atom is 0.389 e. The van der Waals surface area contributed by atoms with Crippen LogP contribution in [-0.4, -0.2) is 55.0 Å². The van der Waals surface area contributed by atoms with Gasteiger partial charge in [0.15, 0.2) is 0 Å². The molecule has 6 nitrogen and oxygen atoms in total. The van der Waals surface area contributed by atoms with Crippen LogP contribution in [0.2, 0.25) is 0 Å². The molecule has 1 saturated carbocycles. The lowest BCUT2D eigenvalue weighted by Crippen LogP contribution is -2.50. The molecule has 0 aromatic rings. The summed E-state index contributed by atoms with van der Waals surface area (Å²) in [6.07, 6.45) is -1.06. The zero-order valence-corrected chi connectivity index (χ0v) is 16.9. The number of alkyl halides is 3. The first kappa shape index (κ1) is 21.5. The first-order valence-electron chi connectivity index (χ1n) is 10.0. The summed E-state index contributed by atoms with van der Waals surface area (Å²) in [6.45, 7) is 2.17. The fourth-order valence-electron chi connectivity index (χ4n) is 4.48. The van der Waals surface area contributed by atoms with Crippen LogP contribution in [0.5, 0.6) is 0 Å². The van der Waals surface area contributed by atoms with Crippen LogP contribution < -0.4 is 5.32 Å². The topological polar surface area (TPSA) is 78.8 Å². The molecule has 1 saturated heterocycles. The lowest BCUT2D eigenvalue weighted by atomic mass is 9.79. The van der Waals surface area contributed by atoms with Crippen molar-refractivity contribution in [2.75, 3.05) is 18.8 Å². The van der Waals surface area contributed by atoms with Crippen molar-refractivity contribution in [2.24, 2.45) is 16.8 Å². The largest absolute Gasteiger partial charge is 0.389 e. The quantitative estimate of drug-likeness (QED) is 0.739.